The van der Waals surface area contributed by atoms with Gasteiger partial charge in [-0.3, -0.25) is 0 Å². The summed E-state index contributed by atoms with van der Waals surface area (Å²) in [5, 5.41) is 0. The molecule has 25 heavy (non-hydrogen) atoms. The van der Waals surface area contributed by atoms with Crippen LogP contribution in [0.25, 0.3) is 16.7 Å². The molecular formula is C22H16O2S. The van der Waals surface area contributed by atoms with Gasteiger partial charge in [0.1, 0.15) is 0 Å². The first kappa shape index (κ1) is 14.7. The molecule has 0 fully saturated rings. The number of allylic oxidation sites excluding steroid dienone is 2. The molecule has 0 saturated carbocycles. The summed E-state index contributed by atoms with van der Waals surface area (Å²) in [7, 11) is -3.32. The lowest BCUT2D eigenvalue weighted by Gasteiger charge is -2.17. The quantitative estimate of drug-likeness (QED) is 0.689. The summed E-state index contributed by atoms with van der Waals surface area (Å²) in [4.78, 5) is 0.545. The fourth-order valence-electron chi connectivity index (χ4n) is 4.42. The van der Waals surface area contributed by atoms with E-state index in [1.807, 2.05) is 54.6 Å². The van der Waals surface area contributed by atoms with Crippen LogP contribution in [-0.2, 0) is 15.3 Å². The van der Waals surface area contributed by atoms with E-state index in [2.05, 4.69) is 24.3 Å². The van der Waals surface area contributed by atoms with Gasteiger partial charge in [0.05, 0.1) is 10.3 Å². The lowest BCUT2D eigenvalue weighted by Crippen LogP contribution is -2.15. The SMILES string of the molecule is CS(=O)(=O)C1=C(c2ccccc2)C12c1ccccc1-c1ccccc12. The second kappa shape index (κ2) is 4.70. The molecular weight excluding hydrogens is 328 g/mol. The van der Waals surface area contributed by atoms with Crippen LogP contribution in [0.4, 0.5) is 0 Å². The average molecular weight is 344 g/mol. The largest absolute Gasteiger partial charge is 0.224 e. The highest BCUT2D eigenvalue weighted by atomic mass is 32.2. The van der Waals surface area contributed by atoms with E-state index in [-0.39, 0.29) is 0 Å². The second-order valence-corrected chi connectivity index (χ2v) is 8.64. The fourth-order valence-corrected chi connectivity index (χ4v) is 5.89. The molecule has 2 nitrogen and oxygen atoms in total. The van der Waals surface area contributed by atoms with Gasteiger partial charge in [0, 0.05) is 6.26 Å². The number of hydrogen-bond donors (Lipinski definition) is 0. The third-order valence-corrected chi connectivity index (χ3v) is 6.52. The molecule has 3 heteroatoms. The van der Waals surface area contributed by atoms with Gasteiger partial charge < -0.3 is 0 Å². The first-order valence-corrected chi connectivity index (χ1v) is 10.2. The maximum atomic E-state index is 12.7. The van der Waals surface area contributed by atoms with Crippen molar-refractivity contribution in [3.8, 4) is 11.1 Å². The Labute approximate surface area is 147 Å². The van der Waals surface area contributed by atoms with Gasteiger partial charge in [-0.1, -0.05) is 78.9 Å². The summed E-state index contributed by atoms with van der Waals surface area (Å²) in [6.45, 7) is 0. The maximum Gasteiger partial charge on any atom is 0.173 e. The Kier molecular flexibility index (Phi) is 2.76. The predicted molar refractivity (Wildman–Crippen MR) is 101 cm³/mol. The number of benzene rings is 3. The van der Waals surface area contributed by atoms with Crippen molar-refractivity contribution in [3.63, 3.8) is 0 Å². The van der Waals surface area contributed by atoms with Crippen molar-refractivity contribution in [3.05, 3.63) is 100 Å². The predicted octanol–water partition coefficient (Wildman–Crippen LogP) is 4.42. The summed E-state index contributed by atoms with van der Waals surface area (Å²) in [6.07, 6.45) is 1.32. The molecule has 0 atom stereocenters. The monoisotopic (exact) mass is 344 g/mol. The van der Waals surface area contributed by atoms with Gasteiger partial charge >= 0.3 is 0 Å². The molecule has 0 unspecified atom stereocenters. The lowest BCUT2D eigenvalue weighted by molar-refractivity contribution is 0.606. The van der Waals surface area contributed by atoms with E-state index in [9.17, 15) is 8.42 Å². The van der Waals surface area contributed by atoms with E-state index in [1.54, 1.807) is 0 Å². The van der Waals surface area contributed by atoms with Crippen LogP contribution >= 0.6 is 0 Å². The third kappa shape index (κ3) is 1.76. The van der Waals surface area contributed by atoms with Gasteiger partial charge in [-0.25, -0.2) is 8.42 Å². The van der Waals surface area contributed by atoms with Crippen molar-refractivity contribution >= 4 is 15.4 Å². The molecule has 2 aliphatic rings. The van der Waals surface area contributed by atoms with E-state index in [0.29, 0.717) is 4.91 Å². The van der Waals surface area contributed by atoms with Gasteiger partial charge in [0.2, 0.25) is 0 Å². The molecule has 122 valence electrons. The molecule has 0 amide bonds. The van der Waals surface area contributed by atoms with Crippen LogP contribution in [0.1, 0.15) is 16.7 Å². The van der Waals surface area contributed by atoms with E-state index in [0.717, 1.165) is 33.4 Å². The van der Waals surface area contributed by atoms with Gasteiger partial charge in [0.15, 0.2) is 9.84 Å². The van der Waals surface area contributed by atoms with Crippen LogP contribution in [0.15, 0.2) is 83.8 Å². The number of hydrogen-bond acceptors (Lipinski definition) is 2. The van der Waals surface area contributed by atoms with Crippen molar-refractivity contribution in [1.29, 1.82) is 0 Å². The molecule has 0 saturated heterocycles. The summed E-state index contributed by atoms with van der Waals surface area (Å²) < 4.78 is 25.4. The standard InChI is InChI=1S/C22H16O2S/c1-25(23,24)21-20(15-9-3-2-4-10-15)22(21)18-13-7-5-11-16(18)17-12-6-8-14-19(17)22/h2-14H,1H3. The average Bonchev–Trinajstić information content (AvgIpc) is 3.26. The van der Waals surface area contributed by atoms with Crippen LogP contribution < -0.4 is 0 Å². The van der Waals surface area contributed by atoms with Crippen molar-refractivity contribution in [1.82, 2.24) is 0 Å². The van der Waals surface area contributed by atoms with E-state index >= 15 is 0 Å². The Morgan fingerprint density at radius 3 is 1.68 bits per heavy atom. The Hall–Kier alpha value is -2.65. The van der Waals surface area contributed by atoms with Crippen LogP contribution in [0.2, 0.25) is 0 Å². The van der Waals surface area contributed by atoms with Gasteiger partial charge in [-0.05, 0) is 33.4 Å². The first-order valence-electron chi connectivity index (χ1n) is 8.26. The highest BCUT2D eigenvalue weighted by molar-refractivity contribution is 7.95. The van der Waals surface area contributed by atoms with Crippen molar-refractivity contribution < 1.29 is 8.42 Å². The molecule has 0 N–H and O–H groups in total. The van der Waals surface area contributed by atoms with Crippen molar-refractivity contribution in [2.45, 2.75) is 5.41 Å². The van der Waals surface area contributed by atoms with Crippen LogP contribution in [0.5, 0.6) is 0 Å². The molecule has 0 bridgehead atoms. The zero-order valence-electron chi connectivity index (χ0n) is 13.7. The lowest BCUT2D eigenvalue weighted by atomic mass is 9.86. The summed E-state index contributed by atoms with van der Waals surface area (Å²) >= 11 is 0. The highest BCUT2D eigenvalue weighted by Crippen LogP contribution is 2.70. The highest BCUT2D eigenvalue weighted by Gasteiger charge is 2.64. The molecule has 0 radical (unpaired) electrons. The number of sulfone groups is 1. The smallest absolute Gasteiger partial charge is 0.173 e. The topological polar surface area (TPSA) is 34.1 Å². The van der Waals surface area contributed by atoms with Crippen molar-refractivity contribution in [2.75, 3.05) is 6.26 Å². The summed E-state index contributed by atoms with van der Waals surface area (Å²) in [5.74, 6) is 0. The van der Waals surface area contributed by atoms with Crippen molar-refractivity contribution in [2.24, 2.45) is 0 Å². The van der Waals surface area contributed by atoms with E-state index in [4.69, 9.17) is 0 Å². The number of rotatable bonds is 2. The van der Waals surface area contributed by atoms with E-state index in [1.165, 1.54) is 6.26 Å². The first-order chi connectivity index (χ1) is 12.1. The zero-order chi connectivity index (χ0) is 17.2. The molecule has 0 aromatic heterocycles. The molecule has 1 spiro atoms. The molecule has 3 aromatic carbocycles. The van der Waals surface area contributed by atoms with Gasteiger partial charge in [0.25, 0.3) is 0 Å². The third-order valence-electron chi connectivity index (χ3n) is 5.27. The molecule has 3 aromatic rings. The maximum absolute atomic E-state index is 12.7. The molecule has 5 rings (SSSR count). The van der Waals surface area contributed by atoms with Gasteiger partial charge in [-0.15, -0.1) is 0 Å². The fraction of sp³-hybridized carbons (Fsp3) is 0.0909. The normalized spacial score (nSPS) is 16.7. The second-order valence-electron chi connectivity index (χ2n) is 6.68. The van der Waals surface area contributed by atoms with E-state index < -0.39 is 15.3 Å². The Morgan fingerprint density at radius 1 is 0.680 bits per heavy atom. The molecule has 0 aliphatic heterocycles. The number of fused-ring (bicyclic) bond motifs is 5. The van der Waals surface area contributed by atoms with Crippen LogP contribution in [0.3, 0.4) is 0 Å². The van der Waals surface area contributed by atoms with Gasteiger partial charge in [-0.2, -0.15) is 0 Å². The minimum atomic E-state index is -3.32. The minimum absolute atomic E-state index is 0.545. The Balaban J connectivity index is 1.88. The summed E-state index contributed by atoms with van der Waals surface area (Å²) in [6, 6.07) is 26.2. The minimum Gasteiger partial charge on any atom is -0.224 e. The van der Waals surface area contributed by atoms with Crippen LogP contribution in [0, 0.1) is 0 Å². The molecule has 2 aliphatic carbocycles. The van der Waals surface area contributed by atoms with Crippen LogP contribution in [-0.4, -0.2) is 14.7 Å². The summed E-state index contributed by atoms with van der Waals surface area (Å²) in [5.41, 5.74) is 5.70. The molecule has 0 heterocycles. The Morgan fingerprint density at radius 2 is 1.16 bits per heavy atom. The zero-order valence-corrected chi connectivity index (χ0v) is 14.5. The Bertz CT molecular complexity index is 1110.